The van der Waals surface area contributed by atoms with Crippen LogP contribution in [0, 0.1) is 17.0 Å². The third kappa shape index (κ3) is 4.27. The first-order valence-electron chi connectivity index (χ1n) is 10.2. The first-order chi connectivity index (χ1) is 15.4. The number of nitro groups is 1. The molecule has 0 bridgehead atoms. The highest BCUT2D eigenvalue weighted by molar-refractivity contribution is 6.36. The quantitative estimate of drug-likeness (QED) is 0.344. The molecule has 0 saturated carbocycles. The fraction of sp³-hybridized carbons (Fsp3) is 0.120. The normalized spacial score (nSPS) is 13.6. The Morgan fingerprint density at radius 3 is 2.16 bits per heavy atom. The molecule has 1 aliphatic heterocycles. The number of nitro benzene ring substituents is 1. The molecule has 0 saturated heterocycles. The monoisotopic (exact) mass is 427 g/mol. The molecule has 4 rings (SSSR count). The third-order valence-corrected chi connectivity index (χ3v) is 5.32. The Morgan fingerprint density at radius 1 is 0.875 bits per heavy atom. The molecule has 0 aromatic heterocycles. The number of imide groups is 1. The van der Waals surface area contributed by atoms with Gasteiger partial charge in [-0.2, -0.15) is 0 Å². The maximum Gasteiger partial charge on any atom is 0.278 e. The highest BCUT2D eigenvalue weighted by Crippen LogP contribution is 2.31. The number of carbonyl (C=O) groups excluding carboxylic acids is 2. The lowest BCUT2D eigenvalue weighted by atomic mass is 10.0. The molecule has 1 heterocycles. The maximum atomic E-state index is 13.3. The van der Waals surface area contributed by atoms with Gasteiger partial charge in [-0.15, -0.1) is 0 Å². The van der Waals surface area contributed by atoms with Crippen LogP contribution in [0.5, 0.6) is 0 Å². The Morgan fingerprint density at radius 2 is 1.53 bits per heavy atom. The fourth-order valence-corrected chi connectivity index (χ4v) is 3.58. The van der Waals surface area contributed by atoms with Gasteiger partial charge in [0.25, 0.3) is 17.5 Å². The topological polar surface area (TPSA) is 92.6 Å². The number of non-ortho nitro benzene ring substituents is 1. The molecule has 3 aromatic carbocycles. The Bertz CT molecular complexity index is 1200. The van der Waals surface area contributed by atoms with Gasteiger partial charge in [0.15, 0.2) is 0 Å². The Balaban J connectivity index is 1.68. The fourth-order valence-electron chi connectivity index (χ4n) is 3.58. The lowest BCUT2D eigenvalue weighted by molar-refractivity contribution is -0.384. The van der Waals surface area contributed by atoms with Crippen molar-refractivity contribution in [1.29, 1.82) is 0 Å². The average Bonchev–Trinajstić information content (AvgIpc) is 3.03. The van der Waals surface area contributed by atoms with Gasteiger partial charge in [-0.05, 0) is 48.7 Å². The van der Waals surface area contributed by atoms with E-state index in [4.69, 9.17) is 0 Å². The van der Waals surface area contributed by atoms with Gasteiger partial charge in [0, 0.05) is 24.4 Å². The van der Waals surface area contributed by atoms with Crippen LogP contribution in [0.4, 0.5) is 11.4 Å². The summed E-state index contributed by atoms with van der Waals surface area (Å²) in [4.78, 5) is 38.3. The van der Waals surface area contributed by atoms with Crippen molar-refractivity contribution < 1.29 is 14.5 Å². The first-order valence-corrected chi connectivity index (χ1v) is 10.2. The number of carbonyl (C=O) groups is 2. The van der Waals surface area contributed by atoms with Crippen LogP contribution in [0.25, 0.3) is 5.57 Å². The molecule has 1 aliphatic rings. The zero-order valence-electron chi connectivity index (χ0n) is 17.4. The van der Waals surface area contributed by atoms with Crippen molar-refractivity contribution >= 4 is 28.8 Å². The molecule has 32 heavy (non-hydrogen) atoms. The van der Waals surface area contributed by atoms with Gasteiger partial charge >= 0.3 is 0 Å². The van der Waals surface area contributed by atoms with E-state index in [0.29, 0.717) is 17.7 Å². The molecule has 7 nitrogen and oxygen atoms in total. The molecule has 7 heteroatoms. The van der Waals surface area contributed by atoms with Crippen molar-refractivity contribution in [1.82, 2.24) is 4.90 Å². The van der Waals surface area contributed by atoms with E-state index >= 15 is 0 Å². The predicted octanol–water partition coefficient (Wildman–Crippen LogP) is 4.34. The number of anilines is 1. The molecule has 0 radical (unpaired) electrons. The van der Waals surface area contributed by atoms with Gasteiger partial charge in [-0.1, -0.05) is 48.0 Å². The summed E-state index contributed by atoms with van der Waals surface area (Å²) in [5, 5.41) is 14.1. The van der Waals surface area contributed by atoms with Gasteiger partial charge in [0.05, 0.1) is 10.5 Å². The van der Waals surface area contributed by atoms with E-state index in [1.807, 2.05) is 61.5 Å². The molecule has 0 fully saturated rings. The van der Waals surface area contributed by atoms with Crippen molar-refractivity contribution in [3.63, 3.8) is 0 Å². The predicted molar refractivity (Wildman–Crippen MR) is 122 cm³/mol. The smallest absolute Gasteiger partial charge is 0.278 e. The Labute approximate surface area is 185 Å². The summed E-state index contributed by atoms with van der Waals surface area (Å²) in [6.45, 7) is 2.19. The van der Waals surface area contributed by atoms with E-state index in [0.717, 1.165) is 11.1 Å². The van der Waals surface area contributed by atoms with Gasteiger partial charge < -0.3 is 5.32 Å². The minimum atomic E-state index is -0.503. The van der Waals surface area contributed by atoms with E-state index in [-0.39, 0.29) is 23.5 Å². The van der Waals surface area contributed by atoms with Crippen molar-refractivity contribution in [2.45, 2.75) is 13.3 Å². The molecule has 3 aromatic rings. The number of hydrogen-bond acceptors (Lipinski definition) is 5. The van der Waals surface area contributed by atoms with Crippen LogP contribution in [0.15, 0.2) is 84.6 Å². The second-order valence-corrected chi connectivity index (χ2v) is 7.54. The van der Waals surface area contributed by atoms with Crippen molar-refractivity contribution in [2.24, 2.45) is 0 Å². The van der Waals surface area contributed by atoms with Gasteiger partial charge in [-0.3, -0.25) is 24.6 Å². The average molecular weight is 427 g/mol. The number of nitrogens with zero attached hydrogens (tertiary/aromatic N) is 2. The molecule has 0 unspecified atom stereocenters. The molecule has 1 N–H and O–H groups in total. The minimum Gasteiger partial charge on any atom is -0.350 e. The number of nitrogens with one attached hydrogen (secondary N) is 1. The van der Waals surface area contributed by atoms with Crippen LogP contribution in [0.1, 0.15) is 16.7 Å². The maximum absolute atomic E-state index is 13.3. The van der Waals surface area contributed by atoms with E-state index in [1.165, 1.54) is 29.2 Å². The number of amides is 2. The zero-order chi connectivity index (χ0) is 22.7. The van der Waals surface area contributed by atoms with Gasteiger partial charge in [-0.25, -0.2) is 0 Å². The van der Waals surface area contributed by atoms with Crippen LogP contribution >= 0.6 is 0 Å². The molecule has 160 valence electrons. The van der Waals surface area contributed by atoms with E-state index in [9.17, 15) is 19.7 Å². The number of aryl methyl sites for hydroxylation is 1. The second-order valence-electron chi connectivity index (χ2n) is 7.54. The zero-order valence-corrected chi connectivity index (χ0v) is 17.4. The number of rotatable bonds is 7. The van der Waals surface area contributed by atoms with E-state index in [1.54, 1.807) is 0 Å². The summed E-state index contributed by atoms with van der Waals surface area (Å²) in [6.07, 6.45) is 0.531. The van der Waals surface area contributed by atoms with Crippen molar-refractivity contribution in [3.05, 3.63) is 111 Å². The summed E-state index contributed by atoms with van der Waals surface area (Å²) in [6, 6.07) is 22.8. The minimum absolute atomic E-state index is 0.0832. The third-order valence-electron chi connectivity index (χ3n) is 5.32. The molecule has 2 amide bonds. The van der Waals surface area contributed by atoms with E-state index < -0.39 is 16.7 Å². The lowest BCUT2D eigenvalue weighted by Crippen LogP contribution is -2.34. The van der Waals surface area contributed by atoms with E-state index in [2.05, 4.69) is 5.32 Å². The standard InChI is InChI=1S/C25H21N3O4/c1-17-7-11-20(12-8-17)26-23-22(19-9-13-21(14-10-19)28(31)32)24(29)27(25(23)30)16-15-18-5-3-2-4-6-18/h2-14,26H,15-16H2,1H3. The largest absolute Gasteiger partial charge is 0.350 e. The summed E-state index contributed by atoms with van der Waals surface area (Å²) in [5.41, 5.74) is 3.50. The van der Waals surface area contributed by atoms with Crippen LogP contribution < -0.4 is 5.32 Å². The summed E-state index contributed by atoms with van der Waals surface area (Å²) in [5.74, 6) is -0.839. The molecular weight excluding hydrogens is 406 g/mol. The number of benzene rings is 3. The van der Waals surface area contributed by atoms with Gasteiger partial charge in [0.1, 0.15) is 5.70 Å². The summed E-state index contributed by atoms with van der Waals surface area (Å²) < 4.78 is 0. The summed E-state index contributed by atoms with van der Waals surface area (Å²) >= 11 is 0. The molecular formula is C25H21N3O4. The SMILES string of the molecule is Cc1ccc(NC2=C(c3ccc([N+](=O)[O-])cc3)C(=O)N(CCc3ccccc3)C2=O)cc1. The molecule has 0 spiro atoms. The van der Waals surface area contributed by atoms with Gasteiger partial charge in [0.2, 0.25) is 0 Å². The highest BCUT2D eigenvalue weighted by atomic mass is 16.6. The van der Waals surface area contributed by atoms with Crippen LogP contribution in [-0.2, 0) is 16.0 Å². The second kappa shape index (κ2) is 8.85. The van der Waals surface area contributed by atoms with Crippen LogP contribution in [0.3, 0.4) is 0 Å². The molecule has 0 atom stereocenters. The Kier molecular flexibility index (Phi) is 5.81. The van der Waals surface area contributed by atoms with Crippen molar-refractivity contribution in [2.75, 3.05) is 11.9 Å². The highest BCUT2D eigenvalue weighted by Gasteiger charge is 2.39. The lowest BCUT2D eigenvalue weighted by Gasteiger charge is -2.15. The van der Waals surface area contributed by atoms with Crippen molar-refractivity contribution in [3.8, 4) is 0 Å². The Hall–Kier alpha value is -4.26. The first kappa shape index (κ1) is 21.0. The summed E-state index contributed by atoms with van der Waals surface area (Å²) in [7, 11) is 0. The number of hydrogen-bond donors (Lipinski definition) is 1. The van der Waals surface area contributed by atoms with Crippen LogP contribution in [0.2, 0.25) is 0 Å². The molecule has 0 aliphatic carbocycles. The van der Waals surface area contributed by atoms with Crippen LogP contribution in [-0.4, -0.2) is 28.2 Å².